The van der Waals surface area contributed by atoms with Crippen molar-refractivity contribution in [3.05, 3.63) is 71.0 Å². The molecule has 7 heteroatoms. The normalized spacial score (nSPS) is 10.5. The van der Waals surface area contributed by atoms with Crippen molar-refractivity contribution in [2.45, 2.75) is 0 Å². The Bertz CT molecular complexity index is 697. The highest BCUT2D eigenvalue weighted by Gasteiger charge is 2.07. The van der Waals surface area contributed by atoms with Crippen molar-refractivity contribution in [1.82, 2.24) is 10.9 Å². The summed E-state index contributed by atoms with van der Waals surface area (Å²) in [5, 5.41) is 12.2. The Morgan fingerprint density at radius 3 is 2.05 bits per heavy atom. The molecule has 2 amide bonds. The van der Waals surface area contributed by atoms with E-state index in [1.807, 2.05) is 0 Å². The van der Waals surface area contributed by atoms with Crippen molar-refractivity contribution < 1.29 is 19.2 Å². The Morgan fingerprint density at radius 1 is 0.955 bits per heavy atom. The maximum absolute atomic E-state index is 12.7. The lowest BCUT2D eigenvalue weighted by molar-refractivity contribution is 0.0706. The molecule has 0 aromatic heterocycles. The van der Waals surface area contributed by atoms with Gasteiger partial charge in [-0.3, -0.25) is 14.8 Å². The number of benzene rings is 2. The van der Waals surface area contributed by atoms with E-state index < -0.39 is 11.8 Å². The highest BCUT2D eigenvalue weighted by Crippen LogP contribution is 2.04. The zero-order chi connectivity index (χ0) is 15.9. The number of halogens is 1. The standard InChI is InChI=1S/C15H12FN3O3/c16-13-7-1-10(2-8-13)9-17-18-14(20)11-3-5-12(6-4-11)15(21)19-22/h1-9,22H,(H,18,20)(H,19,21)/b17-9+. The van der Waals surface area contributed by atoms with Crippen molar-refractivity contribution in [2.24, 2.45) is 5.10 Å². The van der Waals surface area contributed by atoms with Gasteiger partial charge in [0.15, 0.2) is 0 Å². The Hall–Kier alpha value is -3.06. The van der Waals surface area contributed by atoms with Gasteiger partial charge in [0, 0.05) is 11.1 Å². The van der Waals surface area contributed by atoms with Crippen LogP contribution in [0.2, 0.25) is 0 Å². The molecular formula is C15H12FN3O3. The molecule has 0 radical (unpaired) electrons. The van der Waals surface area contributed by atoms with Crippen LogP contribution in [0, 0.1) is 5.82 Å². The third-order valence-electron chi connectivity index (χ3n) is 2.76. The summed E-state index contributed by atoms with van der Waals surface area (Å²) in [6.07, 6.45) is 1.38. The minimum absolute atomic E-state index is 0.217. The second kappa shape index (κ2) is 7.09. The number of amides is 2. The summed E-state index contributed by atoms with van der Waals surface area (Å²) in [5.74, 6) is -1.48. The van der Waals surface area contributed by atoms with Crippen LogP contribution in [0.5, 0.6) is 0 Å². The van der Waals surface area contributed by atoms with Gasteiger partial charge in [0.2, 0.25) is 0 Å². The molecule has 2 rings (SSSR count). The van der Waals surface area contributed by atoms with Crippen LogP contribution in [0.1, 0.15) is 26.3 Å². The van der Waals surface area contributed by atoms with Gasteiger partial charge in [-0.05, 0) is 42.0 Å². The third-order valence-corrected chi connectivity index (χ3v) is 2.76. The summed E-state index contributed by atoms with van der Waals surface area (Å²) in [6, 6.07) is 11.2. The van der Waals surface area contributed by atoms with Gasteiger partial charge in [-0.25, -0.2) is 15.3 Å². The minimum Gasteiger partial charge on any atom is -0.288 e. The van der Waals surface area contributed by atoms with Crippen LogP contribution < -0.4 is 10.9 Å². The lowest BCUT2D eigenvalue weighted by Gasteiger charge is -2.02. The van der Waals surface area contributed by atoms with E-state index in [1.165, 1.54) is 60.2 Å². The van der Waals surface area contributed by atoms with Crippen LogP contribution in [-0.2, 0) is 0 Å². The van der Waals surface area contributed by atoms with Crippen LogP contribution in [0.4, 0.5) is 4.39 Å². The number of hydrogen-bond acceptors (Lipinski definition) is 4. The largest absolute Gasteiger partial charge is 0.288 e. The monoisotopic (exact) mass is 301 g/mol. The SMILES string of the molecule is O=C(NO)c1ccc(C(=O)N/N=C/c2ccc(F)cc2)cc1. The first-order chi connectivity index (χ1) is 10.6. The van der Waals surface area contributed by atoms with E-state index in [2.05, 4.69) is 10.5 Å². The predicted octanol–water partition coefficient (Wildman–Crippen LogP) is 1.71. The Balaban J connectivity index is 1.97. The van der Waals surface area contributed by atoms with Gasteiger partial charge in [0.1, 0.15) is 5.82 Å². The van der Waals surface area contributed by atoms with Crippen LogP contribution in [-0.4, -0.2) is 23.2 Å². The number of rotatable bonds is 4. The summed E-state index contributed by atoms with van der Waals surface area (Å²) in [7, 11) is 0. The molecule has 0 aliphatic carbocycles. The third kappa shape index (κ3) is 3.97. The first-order valence-corrected chi connectivity index (χ1v) is 6.23. The number of hydrazone groups is 1. The van der Waals surface area contributed by atoms with E-state index in [9.17, 15) is 14.0 Å². The van der Waals surface area contributed by atoms with Crippen LogP contribution in [0.3, 0.4) is 0 Å². The van der Waals surface area contributed by atoms with Crippen LogP contribution in [0.25, 0.3) is 0 Å². The van der Waals surface area contributed by atoms with Crippen molar-refractivity contribution in [3.63, 3.8) is 0 Å². The Labute approximate surface area is 125 Å². The van der Waals surface area contributed by atoms with Crippen molar-refractivity contribution in [3.8, 4) is 0 Å². The van der Waals surface area contributed by atoms with E-state index in [1.54, 1.807) is 0 Å². The van der Waals surface area contributed by atoms with Gasteiger partial charge < -0.3 is 0 Å². The molecule has 0 unspecified atom stereocenters. The summed E-state index contributed by atoms with van der Waals surface area (Å²) in [4.78, 5) is 22.9. The fraction of sp³-hybridized carbons (Fsp3) is 0. The number of nitrogens with zero attached hydrogens (tertiary/aromatic N) is 1. The molecule has 0 aliphatic heterocycles. The minimum atomic E-state index is -0.665. The zero-order valence-electron chi connectivity index (χ0n) is 11.3. The van der Waals surface area contributed by atoms with E-state index in [-0.39, 0.29) is 11.4 Å². The molecule has 0 saturated heterocycles. The molecule has 22 heavy (non-hydrogen) atoms. The van der Waals surface area contributed by atoms with Gasteiger partial charge in [-0.1, -0.05) is 12.1 Å². The number of hydroxylamine groups is 1. The number of hydrogen-bond donors (Lipinski definition) is 3. The van der Waals surface area contributed by atoms with E-state index in [4.69, 9.17) is 5.21 Å². The first-order valence-electron chi connectivity index (χ1n) is 6.23. The lowest BCUT2D eigenvalue weighted by Crippen LogP contribution is -2.20. The van der Waals surface area contributed by atoms with Crippen molar-refractivity contribution in [1.29, 1.82) is 0 Å². The molecule has 0 saturated carbocycles. The maximum Gasteiger partial charge on any atom is 0.274 e. The second-order valence-corrected chi connectivity index (χ2v) is 4.27. The molecule has 0 atom stereocenters. The average molecular weight is 301 g/mol. The molecular weight excluding hydrogens is 289 g/mol. The van der Waals surface area contributed by atoms with Crippen LogP contribution >= 0.6 is 0 Å². The molecule has 0 bridgehead atoms. The van der Waals surface area contributed by atoms with Gasteiger partial charge in [0.25, 0.3) is 11.8 Å². The molecule has 0 aliphatic rings. The van der Waals surface area contributed by atoms with E-state index in [0.717, 1.165) is 0 Å². The summed E-state index contributed by atoms with van der Waals surface area (Å²) < 4.78 is 12.7. The maximum atomic E-state index is 12.7. The number of carbonyl (C=O) groups is 2. The molecule has 3 N–H and O–H groups in total. The summed E-state index contributed by atoms with van der Waals surface area (Å²) in [5.41, 5.74) is 4.96. The molecule has 2 aromatic rings. The second-order valence-electron chi connectivity index (χ2n) is 4.27. The van der Waals surface area contributed by atoms with Gasteiger partial charge in [-0.2, -0.15) is 5.10 Å². The fourth-order valence-electron chi connectivity index (χ4n) is 1.62. The zero-order valence-corrected chi connectivity index (χ0v) is 11.3. The fourth-order valence-corrected chi connectivity index (χ4v) is 1.62. The van der Waals surface area contributed by atoms with Gasteiger partial charge in [0.05, 0.1) is 6.21 Å². The first kappa shape index (κ1) is 15.3. The van der Waals surface area contributed by atoms with Crippen LogP contribution in [0.15, 0.2) is 53.6 Å². The predicted molar refractivity (Wildman–Crippen MR) is 77.2 cm³/mol. The quantitative estimate of drug-likeness (QED) is 0.456. The van der Waals surface area contributed by atoms with Gasteiger partial charge in [-0.15, -0.1) is 0 Å². The Kier molecular flexibility index (Phi) is 4.94. The molecule has 112 valence electrons. The molecule has 6 nitrogen and oxygen atoms in total. The topological polar surface area (TPSA) is 90.8 Å². The summed E-state index contributed by atoms with van der Waals surface area (Å²) in [6.45, 7) is 0. The lowest BCUT2D eigenvalue weighted by atomic mass is 10.1. The van der Waals surface area contributed by atoms with E-state index in [0.29, 0.717) is 11.1 Å². The van der Waals surface area contributed by atoms with Crippen molar-refractivity contribution in [2.75, 3.05) is 0 Å². The average Bonchev–Trinajstić information content (AvgIpc) is 2.56. The number of carbonyl (C=O) groups excluding carboxylic acids is 2. The number of nitrogens with one attached hydrogen (secondary N) is 2. The van der Waals surface area contributed by atoms with E-state index >= 15 is 0 Å². The molecule has 0 fully saturated rings. The van der Waals surface area contributed by atoms with Gasteiger partial charge >= 0.3 is 0 Å². The summed E-state index contributed by atoms with van der Waals surface area (Å²) >= 11 is 0. The highest BCUT2D eigenvalue weighted by atomic mass is 19.1. The highest BCUT2D eigenvalue weighted by molar-refractivity contribution is 5.97. The molecule has 0 heterocycles. The molecule has 0 spiro atoms. The smallest absolute Gasteiger partial charge is 0.274 e. The Morgan fingerprint density at radius 2 is 1.50 bits per heavy atom. The molecule has 2 aromatic carbocycles. The van der Waals surface area contributed by atoms with Crippen molar-refractivity contribution >= 4 is 18.0 Å².